The normalized spacial score (nSPS) is 17.2. The molecular weight excluding hydrogens is 522 g/mol. The number of para-hydroxylation sites is 1. The third kappa shape index (κ3) is 5.30. The van der Waals surface area contributed by atoms with Crippen molar-refractivity contribution >= 4 is 63.4 Å². The van der Waals surface area contributed by atoms with Gasteiger partial charge in [0.15, 0.2) is 0 Å². The van der Waals surface area contributed by atoms with Gasteiger partial charge in [-0.3, -0.25) is 23.7 Å². The summed E-state index contributed by atoms with van der Waals surface area (Å²) in [6, 6.07) is 13.9. The van der Waals surface area contributed by atoms with E-state index in [1.54, 1.807) is 12.3 Å². The second-order valence-electron chi connectivity index (χ2n) is 9.23. The third-order valence-electron chi connectivity index (χ3n) is 6.61. The lowest BCUT2D eigenvalue weighted by molar-refractivity contribution is -0.137. The molecule has 196 valence electrons. The number of aryl methyl sites for hydroxylation is 1. The van der Waals surface area contributed by atoms with Crippen LogP contribution in [-0.4, -0.2) is 68.3 Å². The molecule has 0 aliphatic carbocycles. The quantitative estimate of drug-likeness (QED) is 0.351. The van der Waals surface area contributed by atoms with Crippen molar-refractivity contribution < 1.29 is 14.7 Å². The number of amides is 1. The van der Waals surface area contributed by atoms with E-state index < -0.39 is 5.97 Å². The number of carbonyl (C=O) groups is 2. The molecule has 2 saturated heterocycles. The van der Waals surface area contributed by atoms with Crippen LogP contribution < -0.4 is 15.4 Å². The molecule has 1 N–H and O–H groups in total. The molecular formula is C27H27N5O4S2. The molecule has 5 rings (SSSR count). The van der Waals surface area contributed by atoms with Crippen molar-refractivity contribution in [3.63, 3.8) is 0 Å². The largest absolute Gasteiger partial charge is 0.481 e. The van der Waals surface area contributed by atoms with Gasteiger partial charge in [0.2, 0.25) is 0 Å². The van der Waals surface area contributed by atoms with E-state index in [4.69, 9.17) is 22.3 Å². The van der Waals surface area contributed by atoms with Crippen LogP contribution in [0.15, 0.2) is 58.4 Å². The molecule has 2 aliphatic rings. The van der Waals surface area contributed by atoms with Crippen molar-refractivity contribution in [2.24, 2.45) is 0 Å². The molecule has 0 radical (unpaired) electrons. The summed E-state index contributed by atoms with van der Waals surface area (Å²) in [7, 11) is 0. The van der Waals surface area contributed by atoms with Crippen molar-refractivity contribution in [1.29, 1.82) is 0 Å². The van der Waals surface area contributed by atoms with Gasteiger partial charge in [-0.2, -0.15) is 0 Å². The predicted octanol–water partition coefficient (Wildman–Crippen LogP) is 3.40. The number of hydrogen-bond acceptors (Lipinski definition) is 8. The maximum absolute atomic E-state index is 13.7. The van der Waals surface area contributed by atoms with Crippen molar-refractivity contribution in [3.05, 3.63) is 75.0 Å². The molecule has 3 aromatic rings. The summed E-state index contributed by atoms with van der Waals surface area (Å²) >= 11 is 6.52. The minimum atomic E-state index is -0.923. The molecule has 0 bridgehead atoms. The number of thioether (sulfide) groups is 1. The monoisotopic (exact) mass is 549 g/mol. The summed E-state index contributed by atoms with van der Waals surface area (Å²) in [6.45, 7) is 5.00. The minimum absolute atomic E-state index is 0.0511. The number of carbonyl (C=O) groups excluding carboxylic acids is 1. The summed E-state index contributed by atoms with van der Waals surface area (Å²) in [4.78, 5) is 48.8. The highest BCUT2D eigenvalue weighted by Crippen LogP contribution is 2.34. The number of piperazine rings is 1. The fourth-order valence-corrected chi connectivity index (χ4v) is 5.93. The molecule has 2 aromatic heterocycles. The molecule has 0 atom stereocenters. The summed E-state index contributed by atoms with van der Waals surface area (Å²) in [5, 5.41) is 8.93. The average molecular weight is 550 g/mol. The standard InChI is InChI=1S/C27H27N5O4S2/c1-18-9-10-22-28-24(30-14-12-29(13-15-30)19-6-3-2-4-7-19)20(25(35)32(22)17-18)16-21-26(36)31(27(37)38-21)11-5-8-23(33)34/h2-4,6-7,9-10,16-17H,5,8,11-15H2,1H3,(H,33,34). The highest BCUT2D eigenvalue weighted by molar-refractivity contribution is 8.26. The Bertz CT molecular complexity index is 1500. The smallest absolute Gasteiger partial charge is 0.303 e. The Kier molecular flexibility index (Phi) is 7.48. The number of hydrogen-bond donors (Lipinski definition) is 1. The number of benzene rings is 1. The molecule has 11 heteroatoms. The Hall–Kier alpha value is -3.70. The number of carboxylic acid groups (broad SMARTS) is 1. The van der Waals surface area contributed by atoms with Gasteiger partial charge in [0.1, 0.15) is 15.8 Å². The van der Waals surface area contributed by atoms with Gasteiger partial charge in [-0.15, -0.1) is 0 Å². The topological polar surface area (TPSA) is 98.5 Å². The summed E-state index contributed by atoms with van der Waals surface area (Å²) < 4.78 is 1.87. The van der Waals surface area contributed by atoms with E-state index in [-0.39, 0.29) is 24.4 Å². The lowest BCUT2D eigenvalue weighted by Crippen LogP contribution is -2.47. The first kappa shape index (κ1) is 25.9. The second-order valence-corrected chi connectivity index (χ2v) is 10.9. The Morgan fingerprint density at radius 2 is 1.79 bits per heavy atom. The van der Waals surface area contributed by atoms with Crippen molar-refractivity contribution in [1.82, 2.24) is 14.3 Å². The van der Waals surface area contributed by atoms with E-state index in [1.165, 1.54) is 9.30 Å². The predicted molar refractivity (Wildman–Crippen MR) is 154 cm³/mol. The van der Waals surface area contributed by atoms with Crippen LogP contribution >= 0.6 is 24.0 Å². The number of carboxylic acids is 1. The first-order valence-corrected chi connectivity index (χ1v) is 13.6. The van der Waals surface area contributed by atoms with Crippen molar-refractivity contribution in [2.75, 3.05) is 42.5 Å². The molecule has 2 aliphatic heterocycles. The van der Waals surface area contributed by atoms with Crippen LogP contribution in [-0.2, 0) is 9.59 Å². The molecule has 1 amide bonds. The van der Waals surface area contributed by atoms with Gasteiger partial charge in [-0.1, -0.05) is 48.2 Å². The Morgan fingerprint density at radius 1 is 1.08 bits per heavy atom. The van der Waals surface area contributed by atoms with Gasteiger partial charge in [0.25, 0.3) is 11.5 Å². The summed E-state index contributed by atoms with van der Waals surface area (Å²) in [5.41, 5.74) is 2.70. The van der Waals surface area contributed by atoms with E-state index >= 15 is 0 Å². The molecule has 38 heavy (non-hydrogen) atoms. The molecule has 2 fully saturated rings. The maximum Gasteiger partial charge on any atom is 0.303 e. The minimum Gasteiger partial charge on any atom is -0.481 e. The SMILES string of the molecule is Cc1ccc2nc(N3CCN(c4ccccc4)CC3)c(C=C3SC(=S)N(CCCC(=O)O)C3=O)c(=O)n2c1. The molecule has 0 unspecified atom stereocenters. The van der Waals surface area contributed by atoms with Gasteiger partial charge < -0.3 is 14.9 Å². The number of nitrogens with zero attached hydrogens (tertiary/aromatic N) is 5. The van der Waals surface area contributed by atoms with Gasteiger partial charge in [-0.05, 0) is 43.2 Å². The van der Waals surface area contributed by atoms with Crippen LogP contribution in [0, 0.1) is 6.92 Å². The fraction of sp³-hybridized carbons (Fsp3) is 0.296. The maximum atomic E-state index is 13.7. The van der Waals surface area contributed by atoms with Gasteiger partial charge in [0.05, 0.1) is 10.5 Å². The molecule has 0 saturated carbocycles. The van der Waals surface area contributed by atoms with Crippen molar-refractivity contribution in [3.8, 4) is 0 Å². The number of rotatable bonds is 7. The summed E-state index contributed by atoms with van der Waals surface area (Å²) in [6.07, 6.45) is 3.59. The molecule has 1 aromatic carbocycles. The first-order valence-electron chi connectivity index (χ1n) is 12.4. The van der Waals surface area contributed by atoms with E-state index in [0.29, 0.717) is 45.8 Å². The zero-order valence-electron chi connectivity index (χ0n) is 20.9. The highest BCUT2D eigenvalue weighted by Gasteiger charge is 2.33. The van der Waals surface area contributed by atoms with E-state index in [1.807, 2.05) is 37.3 Å². The number of thiocarbonyl (C=S) groups is 1. The van der Waals surface area contributed by atoms with Crippen molar-refractivity contribution in [2.45, 2.75) is 19.8 Å². The molecule has 0 spiro atoms. The van der Waals surface area contributed by atoms with E-state index in [9.17, 15) is 14.4 Å². The van der Waals surface area contributed by atoms with Crippen LogP contribution in [0.5, 0.6) is 0 Å². The van der Waals surface area contributed by atoms with E-state index in [2.05, 4.69) is 21.9 Å². The van der Waals surface area contributed by atoms with Crippen LogP contribution in [0.25, 0.3) is 11.7 Å². The second kappa shape index (κ2) is 11.0. The number of fused-ring (bicyclic) bond motifs is 1. The number of aromatic nitrogens is 2. The van der Waals surface area contributed by atoms with Crippen LogP contribution in [0.2, 0.25) is 0 Å². The molecule has 9 nitrogen and oxygen atoms in total. The molecule has 4 heterocycles. The number of pyridine rings is 1. The summed E-state index contributed by atoms with van der Waals surface area (Å²) in [5.74, 6) is -0.699. The van der Waals surface area contributed by atoms with Gasteiger partial charge in [0, 0.05) is 51.0 Å². The number of aliphatic carboxylic acids is 1. The zero-order valence-corrected chi connectivity index (χ0v) is 22.5. The first-order chi connectivity index (χ1) is 18.3. The lowest BCUT2D eigenvalue weighted by atomic mass is 10.2. The van der Waals surface area contributed by atoms with Gasteiger partial charge >= 0.3 is 5.97 Å². The van der Waals surface area contributed by atoms with Crippen LogP contribution in [0.3, 0.4) is 0 Å². The van der Waals surface area contributed by atoms with Crippen LogP contribution in [0.1, 0.15) is 24.0 Å². The highest BCUT2D eigenvalue weighted by atomic mass is 32.2. The third-order valence-corrected chi connectivity index (χ3v) is 7.99. The lowest BCUT2D eigenvalue weighted by Gasteiger charge is -2.37. The van der Waals surface area contributed by atoms with Crippen LogP contribution in [0.4, 0.5) is 11.5 Å². The average Bonchev–Trinajstić information content (AvgIpc) is 3.18. The Balaban J connectivity index is 1.49. The Labute approximate surface area is 229 Å². The van der Waals surface area contributed by atoms with E-state index in [0.717, 1.165) is 36.1 Å². The fourth-order valence-electron chi connectivity index (χ4n) is 4.64. The van der Waals surface area contributed by atoms with Gasteiger partial charge in [-0.25, -0.2) is 4.98 Å². The Morgan fingerprint density at radius 3 is 2.50 bits per heavy atom. The number of anilines is 2. The zero-order chi connectivity index (χ0) is 26.8.